The van der Waals surface area contributed by atoms with Crippen molar-refractivity contribution in [3.8, 4) is 11.5 Å². The highest BCUT2D eigenvalue weighted by Crippen LogP contribution is 2.32. The maximum Gasteiger partial charge on any atom is 0.389 e. The molecule has 0 saturated carbocycles. The summed E-state index contributed by atoms with van der Waals surface area (Å²) in [4.78, 5) is 11.7. The number of ether oxygens (including phenoxy) is 2. The van der Waals surface area contributed by atoms with Crippen molar-refractivity contribution in [3.05, 3.63) is 23.8 Å². The third-order valence-corrected chi connectivity index (χ3v) is 2.34. The zero-order valence-electron chi connectivity index (χ0n) is 10.0. The number of carbonyl (C=O) groups excluding carboxylic acids is 1. The van der Waals surface area contributed by atoms with Gasteiger partial charge in [-0.25, -0.2) is 0 Å². The lowest BCUT2D eigenvalue weighted by Crippen LogP contribution is -2.11. The zero-order chi connectivity index (χ0) is 13.8. The number of hydrogen-bond donors (Lipinski definition) is 0. The second kappa shape index (κ2) is 5.75. The van der Waals surface area contributed by atoms with E-state index in [1.165, 1.54) is 26.4 Å². The lowest BCUT2D eigenvalue weighted by molar-refractivity contribution is -0.133. The van der Waals surface area contributed by atoms with Gasteiger partial charge in [0, 0.05) is 6.42 Å². The Labute approximate surface area is 103 Å². The van der Waals surface area contributed by atoms with Gasteiger partial charge in [0.2, 0.25) is 0 Å². The molecule has 0 aliphatic heterocycles. The average molecular weight is 262 g/mol. The van der Waals surface area contributed by atoms with Crippen LogP contribution in [-0.2, 0) is 0 Å². The first-order valence-electron chi connectivity index (χ1n) is 5.20. The van der Waals surface area contributed by atoms with Gasteiger partial charge in [-0.15, -0.1) is 0 Å². The summed E-state index contributed by atoms with van der Waals surface area (Å²) in [6, 6.07) is 4.52. The van der Waals surface area contributed by atoms with Gasteiger partial charge in [-0.1, -0.05) is 6.07 Å². The summed E-state index contributed by atoms with van der Waals surface area (Å²) in [5, 5.41) is 0. The summed E-state index contributed by atoms with van der Waals surface area (Å²) >= 11 is 0. The Morgan fingerprint density at radius 1 is 1.22 bits per heavy atom. The van der Waals surface area contributed by atoms with Gasteiger partial charge in [-0.2, -0.15) is 13.2 Å². The maximum absolute atomic E-state index is 12.1. The number of methoxy groups -OCH3 is 2. The quantitative estimate of drug-likeness (QED) is 0.764. The molecule has 0 amide bonds. The van der Waals surface area contributed by atoms with Crippen molar-refractivity contribution in [1.29, 1.82) is 0 Å². The summed E-state index contributed by atoms with van der Waals surface area (Å²) < 4.78 is 46.1. The minimum absolute atomic E-state index is 0.0982. The second-order valence-electron chi connectivity index (χ2n) is 3.58. The normalized spacial score (nSPS) is 11.2. The molecule has 1 rings (SSSR count). The van der Waals surface area contributed by atoms with Crippen LogP contribution in [0.25, 0.3) is 0 Å². The van der Waals surface area contributed by atoms with Gasteiger partial charge in [-0.3, -0.25) is 4.79 Å². The van der Waals surface area contributed by atoms with Crippen LogP contribution in [-0.4, -0.2) is 26.2 Å². The monoisotopic (exact) mass is 262 g/mol. The van der Waals surface area contributed by atoms with E-state index in [-0.39, 0.29) is 11.3 Å². The smallest absolute Gasteiger partial charge is 0.389 e. The van der Waals surface area contributed by atoms with Gasteiger partial charge >= 0.3 is 6.18 Å². The van der Waals surface area contributed by atoms with Gasteiger partial charge in [0.25, 0.3) is 0 Å². The fraction of sp³-hybridized carbons (Fsp3) is 0.417. The van der Waals surface area contributed by atoms with E-state index in [0.29, 0.717) is 5.75 Å². The summed E-state index contributed by atoms with van der Waals surface area (Å²) in [7, 11) is 2.72. The van der Waals surface area contributed by atoms with Crippen molar-refractivity contribution in [3.63, 3.8) is 0 Å². The van der Waals surface area contributed by atoms with Crippen molar-refractivity contribution in [2.75, 3.05) is 14.2 Å². The molecule has 1 aromatic carbocycles. The van der Waals surface area contributed by atoms with Crippen molar-refractivity contribution < 1.29 is 27.4 Å². The van der Waals surface area contributed by atoms with Gasteiger partial charge in [0.05, 0.1) is 26.2 Å². The Morgan fingerprint density at radius 3 is 2.39 bits per heavy atom. The van der Waals surface area contributed by atoms with Crippen LogP contribution in [0.3, 0.4) is 0 Å². The molecule has 0 saturated heterocycles. The van der Waals surface area contributed by atoms with Gasteiger partial charge in [0.1, 0.15) is 0 Å². The standard InChI is InChI=1S/C12H13F3O3/c1-17-10-5-3-4-8(11(10)18-2)9(16)6-7-12(13,14)15/h3-5H,6-7H2,1-2H3. The van der Waals surface area contributed by atoms with Crippen LogP contribution in [0, 0.1) is 0 Å². The van der Waals surface area contributed by atoms with Crippen molar-refractivity contribution in [2.45, 2.75) is 19.0 Å². The van der Waals surface area contributed by atoms with Crippen LogP contribution in [0.5, 0.6) is 11.5 Å². The molecule has 0 spiro atoms. The number of benzene rings is 1. The Hall–Kier alpha value is -1.72. The molecule has 0 unspecified atom stereocenters. The van der Waals surface area contributed by atoms with Crippen molar-refractivity contribution in [2.24, 2.45) is 0 Å². The summed E-state index contributed by atoms with van der Waals surface area (Å²) in [6.45, 7) is 0. The molecule has 3 nitrogen and oxygen atoms in total. The highest BCUT2D eigenvalue weighted by molar-refractivity contribution is 5.99. The molecule has 0 bridgehead atoms. The molecule has 0 aliphatic rings. The number of hydrogen-bond acceptors (Lipinski definition) is 3. The van der Waals surface area contributed by atoms with E-state index in [1.807, 2.05) is 0 Å². The SMILES string of the molecule is COc1cccc(C(=O)CCC(F)(F)F)c1OC. The van der Waals surface area contributed by atoms with E-state index in [9.17, 15) is 18.0 Å². The number of halogens is 3. The van der Waals surface area contributed by atoms with E-state index in [4.69, 9.17) is 9.47 Å². The molecule has 100 valence electrons. The molecule has 0 radical (unpaired) electrons. The second-order valence-corrected chi connectivity index (χ2v) is 3.58. The Kier molecular flexibility index (Phi) is 4.58. The highest BCUT2D eigenvalue weighted by atomic mass is 19.4. The van der Waals surface area contributed by atoms with Crippen LogP contribution in [0.2, 0.25) is 0 Å². The molecule has 0 fully saturated rings. The Bertz CT molecular complexity index is 427. The van der Waals surface area contributed by atoms with Gasteiger partial charge in [-0.05, 0) is 12.1 Å². The lowest BCUT2D eigenvalue weighted by Gasteiger charge is -2.12. The van der Waals surface area contributed by atoms with Crippen molar-refractivity contribution >= 4 is 5.78 Å². The first-order chi connectivity index (χ1) is 8.39. The topological polar surface area (TPSA) is 35.5 Å². The number of Topliss-reactive ketones (excluding diaryl/α,β-unsaturated/α-hetero) is 1. The molecule has 0 aliphatic carbocycles. The van der Waals surface area contributed by atoms with Gasteiger partial charge in [0.15, 0.2) is 17.3 Å². The molecule has 0 aromatic heterocycles. The molecule has 0 N–H and O–H groups in total. The van der Waals surface area contributed by atoms with Crippen LogP contribution in [0.15, 0.2) is 18.2 Å². The summed E-state index contributed by atoms with van der Waals surface area (Å²) in [5.74, 6) is -0.148. The predicted molar refractivity (Wildman–Crippen MR) is 59.2 cm³/mol. The number of carbonyl (C=O) groups is 1. The molecular formula is C12H13F3O3. The van der Waals surface area contributed by atoms with E-state index in [0.717, 1.165) is 0 Å². The predicted octanol–water partition coefficient (Wildman–Crippen LogP) is 3.23. The van der Waals surface area contributed by atoms with Crippen LogP contribution in [0.4, 0.5) is 13.2 Å². The molecular weight excluding hydrogens is 249 g/mol. The summed E-state index contributed by atoms with van der Waals surface area (Å²) in [5.41, 5.74) is 0.0982. The van der Waals surface area contributed by atoms with Crippen LogP contribution < -0.4 is 9.47 Å². The molecule has 0 atom stereocenters. The van der Waals surface area contributed by atoms with E-state index < -0.39 is 24.8 Å². The molecule has 0 heterocycles. The third-order valence-electron chi connectivity index (χ3n) is 2.34. The highest BCUT2D eigenvalue weighted by Gasteiger charge is 2.29. The number of rotatable bonds is 5. The first kappa shape index (κ1) is 14.3. The Balaban J connectivity index is 2.92. The fourth-order valence-corrected chi connectivity index (χ4v) is 1.50. The zero-order valence-corrected chi connectivity index (χ0v) is 10.0. The summed E-state index contributed by atoms with van der Waals surface area (Å²) in [6.07, 6.45) is -6.10. The molecule has 1 aromatic rings. The minimum Gasteiger partial charge on any atom is -0.493 e. The number of ketones is 1. The minimum atomic E-state index is -4.35. The molecule has 6 heteroatoms. The average Bonchev–Trinajstić information content (AvgIpc) is 2.33. The largest absolute Gasteiger partial charge is 0.493 e. The van der Waals surface area contributed by atoms with Crippen LogP contribution >= 0.6 is 0 Å². The lowest BCUT2D eigenvalue weighted by atomic mass is 10.0. The van der Waals surface area contributed by atoms with E-state index in [2.05, 4.69) is 0 Å². The Morgan fingerprint density at radius 2 is 1.89 bits per heavy atom. The van der Waals surface area contributed by atoms with Crippen LogP contribution in [0.1, 0.15) is 23.2 Å². The maximum atomic E-state index is 12.1. The van der Waals surface area contributed by atoms with E-state index in [1.54, 1.807) is 6.07 Å². The number of alkyl halides is 3. The fourth-order valence-electron chi connectivity index (χ4n) is 1.50. The van der Waals surface area contributed by atoms with E-state index >= 15 is 0 Å². The third kappa shape index (κ3) is 3.65. The van der Waals surface area contributed by atoms with Crippen molar-refractivity contribution in [1.82, 2.24) is 0 Å². The molecule has 18 heavy (non-hydrogen) atoms. The van der Waals surface area contributed by atoms with Gasteiger partial charge < -0.3 is 9.47 Å². The first-order valence-corrected chi connectivity index (χ1v) is 5.20. The number of para-hydroxylation sites is 1.